The van der Waals surface area contributed by atoms with Crippen LogP contribution in [0.1, 0.15) is 53.4 Å². The number of hydrogen-bond acceptors (Lipinski definition) is 4. The standard InChI is InChI=1S/C15H21N3OS/c1-3-10-8-20-9(2)13(10)15(19)18-14(17)11-6-4-5-7-12(11)16/h8,16H,3-7,17H2,1-2H3,(H,18,19)/b14-11-,16-12?. The van der Waals surface area contributed by atoms with Crippen LogP contribution in [0.4, 0.5) is 0 Å². The average molecular weight is 291 g/mol. The Kier molecular flexibility index (Phi) is 4.60. The van der Waals surface area contributed by atoms with Gasteiger partial charge in [-0.25, -0.2) is 0 Å². The van der Waals surface area contributed by atoms with Crippen molar-refractivity contribution in [2.45, 2.75) is 46.0 Å². The van der Waals surface area contributed by atoms with Crippen molar-refractivity contribution in [3.05, 3.63) is 32.8 Å². The van der Waals surface area contributed by atoms with Crippen LogP contribution in [0.2, 0.25) is 0 Å². The van der Waals surface area contributed by atoms with Gasteiger partial charge in [-0.3, -0.25) is 4.79 Å². The molecule has 4 N–H and O–H groups in total. The highest BCUT2D eigenvalue weighted by molar-refractivity contribution is 7.10. The van der Waals surface area contributed by atoms with Gasteiger partial charge >= 0.3 is 0 Å². The maximum absolute atomic E-state index is 12.4. The van der Waals surface area contributed by atoms with Crippen molar-refractivity contribution in [2.75, 3.05) is 0 Å². The Morgan fingerprint density at radius 2 is 2.15 bits per heavy atom. The minimum atomic E-state index is -0.149. The first-order valence-corrected chi connectivity index (χ1v) is 7.87. The summed E-state index contributed by atoms with van der Waals surface area (Å²) in [5.41, 5.74) is 9.16. The van der Waals surface area contributed by atoms with Crippen LogP contribution < -0.4 is 11.1 Å². The van der Waals surface area contributed by atoms with Crippen LogP contribution in [0, 0.1) is 12.3 Å². The molecule has 0 bridgehead atoms. The first-order chi connectivity index (χ1) is 9.54. The fraction of sp³-hybridized carbons (Fsp3) is 0.467. The molecular formula is C15H21N3OS. The zero-order valence-electron chi connectivity index (χ0n) is 12.0. The first kappa shape index (κ1) is 14.8. The average Bonchev–Trinajstić information content (AvgIpc) is 2.80. The molecule has 0 aromatic carbocycles. The molecule has 4 nitrogen and oxygen atoms in total. The van der Waals surface area contributed by atoms with Crippen molar-refractivity contribution >= 4 is 23.0 Å². The molecule has 5 heteroatoms. The van der Waals surface area contributed by atoms with Gasteiger partial charge in [-0.15, -0.1) is 11.3 Å². The third-order valence-electron chi connectivity index (χ3n) is 3.70. The van der Waals surface area contributed by atoms with Gasteiger partial charge in [-0.2, -0.15) is 0 Å². The van der Waals surface area contributed by atoms with Gasteiger partial charge in [0.2, 0.25) is 0 Å². The van der Waals surface area contributed by atoms with E-state index in [1.165, 1.54) is 0 Å². The number of hydrogen-bond donors (Lipinski definition) is 3. The van der Waals surface area contributed by atoms with Crippen LogP contribution >= 0.6 is 11.3 Å². The number of nitrogens with one attached hydrogen (secondary N) is 2. The van der Waals surface area contributed by atoms with Crippen LogP contribution in [0.5, 0.6) is 0 Å². The predicted octanol–water partition coefficient (Wildman–Crippen LogP) is 3.11. The second-order valence-electron chi connectivity index (χ2n) is 5.08. The third kappa shape index (κ3) is 2.93. The van der Waals surface area contributed by atoms with E-state index in [9.17, 15) is 4.79 Å². The quantitative estimate of drug-likeness (QED) is 0.800. The molecule has 1 fully saturated rings. The van der Waals surface area contributed by atoms with Gasteiger partial charge < -0.3 is 16.5 Å². The van der Waals surface area contributed by atoms with Crippen molar-refractivity contribution in [3.8, 4) is 0 Å². The molecule has 108 valence electrons. The Hall–Kier alpha value is -1.62. The Labute approximate surface area is 123 Å². The lowest BCUT2D eigenvalue weighted by atomic mass is 9.93. The Morgan fingerprint density at radius 3 is 2.80 bits per heavy atom. The van der Waals surface area contributed by atoms with E-state index < -0.39 is 0 Å². The second kappa shape index (κ2) is 6.22. The van der Waals surface area contributed by atoms with Crippen LogP contribution in [-0.2, 0) is 6.42 Å². The number of carbonyl (C=O) groups excluding carboxylic acids is 1. The Bertz CT molecular complexity index is 572. The summed E-state index contributed by atoms with van der Waals surface area (Å²) >= 11 is 1.59. The lowest BCUT2D eigenvalue weighted by Crippen LogP contribution is -2.31. The van der Waals surface area contributed by atoms with Gasteiger partial charge in [0.05, 0.1) is 5.56 Å². The van der Waals surface area contributed by atoms with Gasteiger partial charge in [0.1, 0.15) is 5.82 Å². The van der Waals surface area contributed by atoms with E-state index in [1.54, 1.807) is 11.3 Å². The highest BCUT2D eigenvalue weighted by atomic mass is 32.1. The minimum Gasteiger partial charge on any atom is -0.385 e. The van der Waals surface area contributed by atoms with Gasteiger partial charge in [0.15, 0.2) is 0 Å². The van der Waals surface area contributed by atoms with Crippen molar-refractivity contribution in [1.82, 2.24) is 5.32 Å². The third-order valence-corrected chi connectivity index (χ3v) is 4.66. The molecule has 0 saturated heterocycles. The minimum absolute atomic E-state index is 0.149. The smallest absolute Gasteiger partial charge is 0.258 e. The van der Waals surface area contributed by atoms with Crippen LogP contribution in [-0.4, -0.2) is 11.6 Å². The van der Waals surface area contributed by atoms with E-state index in [0.29, 0.717) is 11.5 Å². The summed E-state index contributed by atoms with van der Waals surface area (Å²) in [7, 11) is 0. The summed E-state index contributed by atoms with van der Waals surface area (Å²) in [4.78, 5) is 13.4. The summed E-state index contributed by atoms with van der Waals surface area (Å²) in [6, 6.07) is 0. The first-order valence-electron chi connectivity index (χ1n) is 6.99. The molecule has 20 heavy (non-hydrogen) atoms. The summed E-state index contributed by atoms with van der Waals surface area (Å²) < 4.78 is 0. The second-order valence-corrected chi connectivity index (χ2v) is 6.16. The highest BCUT2D eigenvalue weighted by Crippen LogP contribution is 2.24. The summed E-state index contributed by atoms with van der Waals surface area (Å²) in [5.74, 6) is 0.205. The molecule has 1 aliphatic carbocycles. The molecule has 1 aliphatic rings. The molecule has 0 spiro atoms. The maximum Gasteiger partial charge on any atom is 0.258 e. The Morgan fingerprint density at radius 1 is 1.45 bits per heavy atom. The molecule has 1 aromatic rings. The number of nitrogens with two attached hydrogens (primary N) is 1. The fourth-order valence-corrected chi connectivity index (χ4v) is 3.48. The summed E-state index contributed by atoms with van der Waals surface area (Å²) in [6.07, 6.45) is 4.44. The molecule has 0 radical (unpaired) electrons. The van der Waals surface area contributed by atoms with E-state index in [2.05, 4.69) is 5.32 Å². The van der Waals surface area contributed by atoms with E-state index >= 15 is 0 Å². The van der Waals surface area contributed by atoms with Gasteiger partial charge in [0.25, 0.3) is 5.91 Å². The monoisotopic (exact) mass is 291 g/mol. The number of aryl methyl sites for hydroxylation is 2. The number of rotatable bonds is 3. The molecule has 1 aromatic heterocycles. The topological polar surface area (TPSA) is 79.0 Å². The maximum atomic E-state index is 12.4. The van der Waals surface area contributed by atoms with Crippen molar-refractivity contribution in [3.63, 3.8) is 0 Å². The van der Waals surface area contributed by atoms with E-state index in [0.717, 1.165) is 53.7 Å². The molecule has 1 amide bonds. The molecule has 0 atom stereocenters. The van der Waals surface area contributed by atoms with Crippen LogP contribution in [0.15, 0.2) is 16.8 Å². The molecule has 0 unspecified atom stereocenters. The molecule has 1 heterocycles. The number of amides is 1. The predicted molar refractivity (Wildman–Crippen MR) is 83.3 cm³/mol. The van der Waals surface area contributed by atoms with Crippen molar-refractivity contribution in [2.24, 2.45) is 5.73 Å². The fourth-order valence-electron chi connectivity index (χ4n) is 2.53. The summed E-state index contributed by atoms with van der Waals surface area (Å²) in [5, 5.41) is 12.7. The van der Waals surface area contributed by atoms with E-state index in [4.69, 9.17) is 11.1 Å². The molecule has 1 saturated carbocycles. The van der Waals surface area contributed by atoms with Gasteiger partial charge in [-0.1, -0.05) is 6.92 Å². The zero-order chi connectivity index (χ0) is 14.7. The number of carbonyl (C=O) groups is 1. The van der Waals surface area contributed by atoms with E-state index in [-0.39, 0.29) is 5.91 Å². The lowest BCUT2D eigenvalue weighted by molar-refractivity contribution is 0.0964. The lowest BCUT2D eigenvalue weighted by Gasteiger charge is -2.18. The number of allylic oxidation sites excluding steroid dienone is 1. The van der Waals surface area contributed by atoms with Crippen LogP contribution in [0.25, 0.3) is 0 Å². The van der Waals surface area contributed by atoms with Gasteiger partial charge in [0, 0.05) is 16.2 Å². The van der Waals surface area contributed by atoms with Crippen molar-refractivity contribution in [1.29, 1.82) is 5.41 Å². The van der Waals surface area contributed by atoms with E-state index in [1.807, 2.05) is 19.2 Å². The van der Waals surface area contributed by atoms with Gasteiger partial charge in [-0.05, 0) is 50.0 Å². The summed E-state index contributed by atoms with van der Waals surface area (Å²) in [6.45, 7) is 3.99. The molecule has 0 aliphatic heterocycles. The normalized spacial score (nSPS) is 18.0. The Balaban J connectivity index is 2.21. The largest absolute Gasteiger partial charge is 0.385 e. The van der Waals surface area contributed by atoms with Crippen LogP contribution in [0.3, 0.4) is 0 Å². The molecule has 2 rings (SSSR count). The SMILES string of the molecule is CCc1csc(C)c1C(=O)N/C(N)=C1/CCCCC1=N. The zero-order valence-corrected chi connectivity index (χ0v) is 12.8. The highest BCUT2D eigenvalue weighted by Gasteiger charge is 2.19. The van der Waals surface area contributed by atoms with Crippen molar-refractivity contribution < 1.29 is 4.79 Å². The number of thiophene rings is 1. The molecular weight excluding hydrogens is 270 g/mol.